The third kappa shape index (κ3) is 2.54. The average molecular weight is 249 g/mol. The summed E-state index contributed by atoms with van der Waals surface area (Å²) in [4.78, 5) is 1.94. The van der Waals surface area contributed by atoms with E-state index in [0.717, 1.165) is 18.0 Å². The van der Waals surface area contributed by atoms with E-state index in [2.05, 4.69) is 28.9 Å². The van der Waals surface area contributed by atoms with Crippen molar-refractivity contribution < 1.29 is 0 Å². The number of hydrogen-bond acceptors (Lipinski definition) is 5. The van der Waals surface area contributed by atoms with Gasteiger partial charge in [0.25, 0.3) is 0 Å². The van der Waals surface area contributed by atoms with Crippen LogP contribution in [0.15, 0.2) is 23.6 Å². The molecule has 2 rings (SSSR count). The summed E-state index contributed by atoms with van der Waals surface area (Å²) in [6, 6.07) is 8.07. The Balaban J connectivity index is 1.88. The standard InChI is InChI=1S/C11H11N3S2/c12-7-10-9(13)6-11(16-10)14-4-3-8-2-1-5-15-8/h1-2,5-6,14H,3-4,13H2. The molecule has 2 aromatic rings. The zero-order valence-electron chi connectivity index (χ0n) is 8.56. The van der Waals surface area contributed by atoms with Gasteiger partial charge in [0.15, 0.2) is 0 Å². The Hall–Kier alpha value is -1.51. The highest BCUT2D eigenvalue weighted by Crippen LogP contribution is 2.28. The minimum Gasteiger partial charge on any atom is -0.397 e. The molecule has 0 spiro atoms. The summed E-state index contributed by atoms with van der Waals surface area (Å²) in [6.45, 7) is 0.866. The van der Waals surface area contributed by atoms with Crippen LogP contribution < -0.4 is 11.1 Å². The van der Waals surface area contributed by atoms with Crippen molar-refractivity contribution >= 4 is 33.4 Å². The summed E-state index contributed by atoms with van der Waals surface area (Å²) in [5.41, 5.74) is 6.23. The van der Waals surface area contributed by atoms with Gasteiger partial charge in [0.1, 0.15) is 10.9 Å². The van der Waals surface area contributed by atoms with Crippen molar-refractivity contribution in [2.45, 2.75) is 6.42 Å². The Morgan fingerprint density at radius 1 is 1.50 bits per heavy atom. The fourth-order valence-electron chi connectivity index (χ4n) is 1.34. The Bertz CT molecular complexity index is 494. The van der Waals surface area contributed by atoms with Gasteiger partial charge >= 0.3 is 0 Å². The smallest absolute Gasteiger partial charge is 0.129 e. The van der Waals surface area contributed by atoms with Crippen LogP contribution in [0.5, 0.6) is 0 Å². The number of nitrogens with one attached hydrogen (secondary N) is 1. The van der Waals surface area contributed by atoms with E-state index in [0.29, 0.717) is 10.6 Å². The molecule has 0 atom stereocenters. The first kappa shape index (κ1) is 11.0. The third-order valence-electron chi connectivity index (χ3n) is 2.11. The van der Waals surface area contributed by atoms with Gasteiger partial charge in [-0.05, 0) is 23.9 Å². The molecule has 0 fully saturated rings. The van der Waals surface area contributed by atoms with Crippen LogP contribution in [0, 0.1) is 11.3 Å². The van der Waals surface area contributed by atoms with E-state index in [1.54, 1.807) is 11.3 Å². The van der Waals surface area contributed by atoms with Crippen LogP contribution in [0.25, 0.3) is 0 Å². The van der Waals surface area contributed by atoms with E-state index in [9.17, 15) is 0 Å². The molecule has 0 aliphatic heterocycles. The quantitative estimate of drug-likeness (QED) is 0.875. The zero-order valence-corrected chi connectivity index (χ0v) is 10.2. The van der Waals surface area contributed by atoms with Gasteiger partial charge in [-0.25, -0.2) is 0 Å². The highest BCUT2D eigenvalue weighted by Gasteiger charge is 2.04. The Kier molecular flexibility index (Phi) is 3.44. The number of nitrogen functional groups attached to an aromatic ring is 1. The molecule has 0 saturated heterocycles. The maximum Gasteiger partial charge on any atom is 0.129 e. The summed E-state index contributed by atoms with van der Waals surface area (Å²) in [5, 5.41) is 15.1. The van der Waals surface area contributed by atoms with Crippen molar-refractivity contribution in [2.24, 2.45) is 0 Å². The summed E-state index contributed by atoms with van der Waals surface area (Å²) in [7, 11) is 0. The SMILES string of the molecule is N#Cc1sc(NCCc2cccs2)cc1N. The van der Waals surface area contributed by atoms with Gasteiger partial charge in [-0.15, -0.1) is 22.7 Å². The first-order valence-corrected chi connectivity index (χ1v) is 6.55. The van der Waals surface area contributed by atoms with Gasteiger partial charge < -0.3 is 11.1 Å². The van der Waals surface area contributed by atoms with Crippen LogP contribution in [-0.2, 0) is 6.42 Å². The highest BCUT2D eigenvalue weighted by atomic mass is 32.1. The normalized spacial score (nSPS) is 9.94. The fraction of sp³-hybridized carbons (Fsp3) is 0.182. The Labute approximate surface area is 102 Å². The number of nitrogens with zero attached hydrogens (tertiary/aromatic N) is 1. The van der Waals surface area contributed by atoms with Crippen LogP contribution in [0.1, 0.15) is 9.75 Å². The van der Waals surface area contributed by atoms with Crippen molar-refractivity contribution in [1.29, 1.82) is 5.26 Å². The van der Waals surface area contributed by atoms with Gasteiger partial charge in [-0.3, -0.25) is 0 Å². The van der Waals surface area contributed by atoms with Gasteiger partial charge in [0.05, 0.1) is 10.7 Å². The van der Waals surface area contributed by atoms with Crippen molar-refractivity contribution in [3.8, 4) is 6.07 Å². The molecule has 3 N–H and O–H groups in total. The number of thiophene rings is 2. The van der Waals surface area contributed by atoms with E-state index in [1.165, 1.54) is 16.2 Å². The van der Waals surface area contributed by atoms with E-state index >= 15 is 0 Å². The summed E-state index contributed by atoms with van der Waals surface area (Å²) in [6.07, 6.45) is 0.997. The summed E-state index contributed by atoms with van der Waals surface area (Å²) >= 11 is 3.16. The maximum absolute atomic E-state index is 8.76. The van der Waals surface area contributed by atoms with Crippen molar-refractivity contribution in [3.05, 3.63) is 33.3 Å². The van der Waals surface area contributed by atoms with E-state index in [4.69, 9.17) is 11.0 Å². The molecule has 2 aromatic heterocycles. The molecule has 5 heteroatoms. The predicted molar refractivity (Wildman–Crippen MR) is 70.0 cm³/mol. The van der Waals surface area contributed by atoms with Gasteiger partial charge in [-0.1, -0.05) is 6.07 Å². The Morgan fingerprint density at radius 3 is 3.00 bits per heavy atom. The van der Waals surface area contributed by atoms with E-state index in [1.807, 2.05) is 6.07 Å². The van der Waals surface area contributed by atoms with Crippen molar-refractivity contribution in [1.82, 2.24) is 0 Å². The van der Waals surface area contributed by atoms with Crippen LogP contribution in [0.3, 0.4) is 0 Å². The van der Waals surface area contributed by atoms with Gasteiger partial charge in [-0.2, -0.15) is 5.26 Å². The van der Waals surface area contributed by atoms with Crippen LogP contribution in [-0.4, -0.2) is 6.54 Å². The monoisotopic (exact) mass is 249 g/mol. The molecule has 16 heavy (non-hydrogen) atoms. The number of nitrogens with two attached hydrogens (primary N) is 1. The second kappa shape index (κ2) is 5.01. The maximum atomic E-state index is 8.76. The third-order valence-corrected chi connectivity index (χ3v) is 4.06. The molecule has 0 aliphatic carbocycles. The molecule has 0 unspecified atom stereocenters. The van der Waals surface area contributed by atoms with Gasteiger partial charge in [0.2, 0.25) is 0 Å². The number of hydrogen-bond donors (Lipinski definition) is 2. The summed E-state index contributed by atoms with van der Waals surface area (Å²) in [5.74, 6) is 0. The molecule has 3 nitrogen and oxygen atoms in total. The minimum absolute atomic E-state index is 0.561. The lowest BCUT2D eigenvalue weighted by molar-refractivity contribution is 1.05. The molecule has 82 valence electrons. The topological polar surface area (TPSA) is 61.8 Å². The van der Waals surface area contributed by atoms with Crippen LogP contribution in [0.2, 0.25) is 0 Å². The number of nitriles is 1. The molecular weight excluding hydrogens is 238 g/mol. The number of rotatable bonds is 4. The van der Waals surface area contributed by atoms with Crippen LogP contribution >= 0.6 is 22.7 Å². The lowest BCUT2D eigenvalue weighted by Crippen LogP contribution is -2.01. The first-order valence-electron chi connectivity index (χ1n) is 4.85. The highest BCUT2D eigenvalue weighted by molar-refractivity contribution is 7.17. The molecule has 2 heterocycles. The largest absolute Gasteiger partial charge is 0.397 e. The first-order chi connectivity index (χ1) is 7.79. The second-order valence-electron chi connectivity index (χ2n) is 3.26. The zero-order chi connectivity index (χ0) is 11.4. The molecule has 0 bridgehead atoms. The number of anilines is 2. The molecule has 0 radical (unpaired) electrons. The molecule has 0 amide bonds. The van der Waals surface area contributed by atoms with Gasteiger partial charge in [0, 0.05) is 11.4 Å². The average Bonchev–Trinajstić information content (AvgIpc) is 2.88. The molecule has 0 saturated carbocycles. The molecule has 0 aliphatic rings. The van der Waals surface area contributed by atoms with E-state index in [-0.39, 0.29) is 0 Å². The lowest BCUT2D eigenvalue weighted by atomic mass is 10.3. The Morgan fingerprint density at radius 2 is 2.38 bits per heavy atom. The molecular formula is C11H11N3S2. The van der Waals surface area contributed by atoms with Crippen molar-refractivity contribution in [2.75, 3.05) is 17.6 Å². The fourth-order valence-corrected chi connectivity index (χ4v) is 2.85. The van der Waals surface area contributed by atoms with E-state index < -0.39 is 0 Å². The lowest BCUT2D eigenvalue weighted by Gasteiger charge is -2.00. The second-order valence-corrected chi connectivity index (χ2v) is 5.35. The van der Waals surface area contributed by atoms with Crippen LogP contribution in [0.4, 0.5) is 10.7 Å². The minimum atomic E-state index is 0.561. The molecule has 0 aromatic carbocycles. The summed E-state index contributed by atoms with van der Waals surface area (Å²) < 4.78 is 0. The van der Waals surface area contributed by atoms with Crippen molar-refractivity contribution in [3.63, 3.8) is 0 Å². The predicted octanol–water partition coefficient (Wildman–Crippen LogP) is 2.92.